The van der Waals surface area contributed by atoms with Crippen molar-refractivity contribution in [3.05, 3.63) is 34.9 Å². The van der Waals surface area contributed by atoms with Crippen LogP contribution in [0.2, 0.25) is 5.02 Å². The summed E-state index contributed by atoms with van der Waals surface area (Å²) in [6, 6.07) is 1.75. The molecule has 2 aromatic rings. The molecule has 1 atom stereocenters. The van der Waals surface area contributed by atoms with Gasteiger partial charge in [-0.05, 0) is 40.2 Å². The number of halogens is 1. The SMILES string of the molecule is Cc1ncc2c(Cl)cc(C3(O)CCN(C(=O)OC(C)(C)C)C3)cn12. The van der Waals surface area contributed by atoms with Gasteiger partial charge in [0.2, 0.25) is 0 Å². The van der Waals surface area contributed by atoms with Gasteiger partial charge >= 0.3 is 6.09 Å². The molecule has 0 bridgehead atoms. The van der Waals surface area contributed by atoms with Gasteiger partial charge in [0.1, 0.15) is 17.0 Å². The number of hydrogen-bond donors (Lipinski definition) is 1. The van der Waals surface area contributed by atoms with Crippen molar-refractivity contribution in [3.8, 4) is 0 Å². The van der Waals surface area contributed by atoms with Crippen molar-refractivity contribution in [2.24, 2.45) is 0 Å². The zero-order valence-electron chi connectivity index (χ0n) is 14.3. The highest BCUT2D eigenvalue weighted by Gasteiger charge is 2.41. The number of aromatic nitrogens is 2. The number of carbonyl (C=O) groups is 1. The van der Waals surface area contributed by atoms with Crippen LogP contribution in [0.3, 0.4) is 0 Å². The molecule has 0 radical (unpaired) electrons. The number of imidazole rings is 1. The predicted molar refractivity (Wildman–Crippen MR) is 91.3 cm³/mol. The third-order valence-electron chi connectivity index (χ3n) is 4.21. The monoisotopic (exact) mass is 351 g/mol. The van der Waals surface area contributed by atoms with E-state index in [1.165, 1.54) is 4.90 Å². The van der Waals surface area contributed by atoms with E-state index in [9.17, 15) is 9.90 Å². The number of rotatable bonds is 1. The van der Waals surface area contributed by atoms with E-state index in [0.717, 1.165) is 11.3 Å². The molecule has 1 amide bonds. The Bertz CT molecular complexity index is 796. The van der Waals surface area contributed by atoms with Gasteiger partial charge in [-0.25, -0.2) is 9.78 Å². The summed E-state index contributed by atoms with van der Waals surface area (Å²) in [6.07, 6.45) is 3.56. The lowest BCUT2D eigenvalue weighted by Gasteiger charge is -2.27. The molecule has 1 unspecified atom stereocenters. The molecule has 1 saturated heterocycles. The molecule has 1 aliphatic rings. The summed E-state index contributed by atoms with van der Waals surface area (Å²) in [7, 11) is 0. The quantitative estimate of drug-likeness (QED) is 0.857. The summed E-state index contributed by atoms with van der Waals surface area (Å²) < 4.78 is 7.24. The van der Waals surface area contributed by atoms with E-state index < -0.39 is 17.3 Å². The molecule has 24 heavy (non-hydrogen) atoms. The van der Waals surface area contributed by atoms with Crippen LogP contribution in [0.25, 0.3) is 5.52 Å². The Morgan fingerprint density at radius 3 is 2.83 bits per heavy atom. The fourth-order valence-electron chi connectivity index (χ4n) is 2.95. The Morgan fingerprint density at radius 1 is 1.46 bits per heavy atom. The van der Waals surface area contributed by atoms with E-state index in [0.29, 0.717) is 23.6 Å². The first-order chi connectivity index (χ1) is 11.1. The Hall–Kier alpha value is -1.79. The summed E-state index contributed by atoms with van der Waals surface area (Å²) in [5.41, 5.74) is -0.241. The number of ether oxygens (including phenoxy) is 1. The van der Waals surface area contributed by atoms with E-state index in [-0.39, 0.29) is 6.54 Å². The van der Waals surface area contributed by atoms with E-state index >= 15 is 0 Å². The molecule has 0 spiro atoms. The summed E-state index contributed by atoms with van der Waals surface area (Å²) in [6.45, 7) is 7.95. The van der Waals surface area contributed by atoms with Crippen LogP contribution in [0.15, 0.2) is 18.5 Å². The van der Waals surface area contributed by atoms with Gasteiger partial charge in [0.25, 0.3) is 0 Å². The Morgan fingerprint density at radius 2 is 2.17 bits per heavy atom. The molecule has 1 aliphatic heterocycles. The first-order valence-corrected chi connectivity index (χ1v) is 8.31. The number of hydrogen-bond acceptors (Lipinski definition) is 4. The van der Waals surface area contributed by atoms with Crippen LogP contribution in [0.5, 0.6) is 0 Å². The topological polar surface area (TPSA) is 67.1 Å². The van der Waals surface area contributed by atoms with Gasteiger partial charge in [-0.3, -0.25) is 0 Å². The van der Waals surface area contributed by atoms with Gasteiger partial charge in [-0.15, -0.1) is 0 Å². The third kappa shape index (κ3) is 3.08. The molecule has 130 valence electrons. The van der Waals surface area contributed by atoms with E-state index in [1.54, 1.807) is 12.3 Å². The second kappa shape index (κ2) is 5.63. The minimum Gasteiger partial charge on any atom is -0.444 e. The normalized spacial score (nSPS) is 21.5. The molecular weight excluding hydrogens is 330 g/mol. The minimum atomic E-state index is -1.15. The summed E-state index contributed by atoms with van der Waals surface area (Å²) in [5, 5.41) is 11.6. The second-order valence-electron chi connectivity index (χ2n) is 7.32. The molecule has 0 saturated carbocycles. The van der Waals surface area contributed by atoms with Gasteiger partial charge < -0.3 is 19.1 Å². The van der Waals surface area contributed by atoms with Gasteiger partial charge in [-0.2, -0.15) is 0 Å². The van der Waals surface area contributed by atoms with Crippen LogP contribution in [-0.2, 0) is 10.3 Å². The van der Waals surface area contributed by atoms with Gasteiger partial charge in [0.05, 0.1) is 23.3 Å². The lowest BCUT2D eigenvalue weighted by Crippen LogP contribution is -2.38. The lowest BCUT2D eigenvalue weighted by atomic mass is 9.94. The highest BCUT2D eigenvalue weighted by molar-refractivity contribution is 6.33. The maximum absolute atomic E-state index is 12.2. The Balaban J connectivity index is 1.87. The van der Waals surface area contributed by atoms with Crippen molar-refractivity contribution in [2.45, 2.75) is 45.3 Å². The number of nitrogens with zero attached hydrogens (tertiary/aromatic N) is 3. The average molecular weight is 352 g/mol. The van der Waals surface area contributed by atoms with Crippen molar-refractivity contribution in [2.75, 3.05) is 13.1 Å². The number of carbonyl (C=O) groups excluding carboxylic acids is 1. The highest BCUT2D eigenvalue weighted by Crippen LogP contribution is 2.35. The fourth-order valence-corrected chi connectivity index (χ4v) is 3.20. The van der Waals surface area contributed by atoms with Gasteiger partial charge in [0, 0.05) is 18.3 Å². The predicted octanol–water partition coefficient (Wildman–Crippen LogP) is 3.12. The minimum absolute atomic E-state index is 0.178. The first kappa shape index (κ1) is 17.0. The highest BCUT2D eigenvalue weighted by atomic mass is 35.5. The first-order valence-electron chi connectivity index (χ1n) is 7.93. The maximum Gasteiger partial charge on any atom is 0.410 e. The van der Waals surface area contributed by atoms with E-state index in [1.807, 2.05) is 38.3 Å². The number of aliphatic hydroxyl groups is 1. The molecule has 1 N–H and O–H groups in total. The van der Waals surface area contributed by atoms with E-state index in [4.69, 9.17) is 16.3 Å². The molecule has 0 aromatic carbocycles. The van der Waals surface area contributed by atoms with Crippen LogP contribution >= 0.6 is 11.6 Å². The molecule has 3 rings (SSSR count). The smallest absolute Gasteiger partial charge is 0.410 e. The number of pyridine rings is 1. The zero-order valence-corrected chi connectivity index (χ0v) is 15.1. The largest absolute Gasteiger partial charge is 0.444 e. The Labute approximate surface area is 146 Å². The second-order valence-corrected chi connectivity index (χ2v) is 7.73. The number of β-amino-alcohol motifs (C(OH)–C–C–N with tert-alkyl or cyclic N) is 1. The van der Waals surface area contributed by atoms with Crippen molar-refractivity contribution in [1.82, 2.24) is 14.3 Å². The molecular formula is C17H22ClN3O3. The van der Waals surface area contributed by atoms with Crippen molar-refractivity contribution in [1.29, 1.82) is 0 Å². The van der Waals surface area contributed by atoms with Crippen LogP contribution in [0.1, 0.15) is 38.6 Å². The molecule has 3 heterocycles. The van der Waals surface area contributed by atoms with Gasteiger partial charge in [0.15, 0.2) is 0 Å². The molecule has 1 fully saturated rings. The van der Waals surface area contributed by atoms with Crippen LogP contribution in [0, 0.1) is 6.92 Å². The maximum atomic E-state index is 12.2. The molecule has 2 aromatic heterocycles. The Kier molecular flexibility index (Phi) is 4.00. The van der Waals surface area contributed by atoms with Gasteiger partial charge in [-0.1, -0.05) is 11.6 Å². The summed E-state index contributed by atoms with van der Waals surface area (Å²) in [4.78, 5) is 18.0. The molecule has 6 nitrogen and oxygen atoms in total. The molecule has 0 aliphatic carbocycles. The fraction of sp³-hybridized carbons (Fsp3) is 0.529. The van der Waals surface area contributed by atoms with Crippen LogP contribution < -0.4 is 0 Å². The third-order valence-corrected chi connectivity index (χ3v) is 4.52. The van der Waals surface area contributed by atoms with Crippen molar-refractivity contribution < 1.29 is 14.6 Å². The number of likely N-dealkylation sites (tertiary alicyclic amines) is 1. The average Bonchev–Trinajstić information content (AvgIpc) is 3.03. The summed E-state index contributed by atoms with van der Waals surface area (Å²) >= 11 is 6.32. The number of amides is 1. The summed E-state index contributed by atoms with van der Waals surface area (Å²) in [5.74, 6) is 0.791. The van der Waals surface area contributed by atoms with Crippen LogP contribution in [-0.4, -0.2) is 44.2 Å². The van der Waals surface area contributed by atoms with Crippen LogP contribution in [0.4, 0.5) is 4.79 Å². The van der Waals surface area contributed by atoms with Crippen molar-refractivity contribution >= 4 is 23.2 Å². The number of fused-ring (bicyclic) bond motifs is 1. The lowest BCUT2D eigenvalue weighted by molar-refractivity contribution is 0.0139. The zero-order chi connectivity index (χ0) is 17.7. The standard InChI is InChI=1S/C17H22ClN3O3/c1-11-19-8-14-13(18)7-12(9-21(11)14)17(23)5-6-20(10-17)15(22)24-16(2,3)4/h7-9,23H,5-6,10H2,1-4H3. The molecule has 7 heteroatoms. The van der Waals surface area contributed by atoms with Crippen molar-refractivity contribution in [3.63, 3.8) is 0 Å². The number of aryl methyl sites for hydroxylation is 1. The van der Waals surface area contributed by atoms with E-state index in [2.05, 4.69) is 4.98 Å².